The molecule has 1 aromatic heterocycles. The van der Waals surface area contributed by atoms with E-state index in [9.17, 15) is 4.79 Å². The minimum atomic E-state index is -0.358. The summed E-state index contributed by atoms with van der Waals surface area (Å²) in [5, 5.41) is 1.20. The standard InChI is InChI=1S/C25H27NO3/c1-24(2,3)22-13-17-11-16(5-7-19(17)26(22)4)12-23(27)25(9-10-25)18-6-8-20-21(14-18)29-15-28-20/h5-8,11,13-14H,9-10,12,15H2,1-4H3. The second-order valence-electron chi connectivity index (χ2n) is 9.48. The smallest absolute Gasteiger partial charge is 0.231 e. The van der Waals surface area contributed by atoms with Crippen molar-refractivity contribution in [1.29, 1.82) is 0 Å². The van der Waals surface area contributed by atoms with E-state index in [-0.39, 0.29) is 17.6 Å². The molecule has 0 atom stereocenters. The Morgan fingerprint density at radius 3 is 2.52 bits per heavy atom. The van der Waals surface area contributed by atoms with Gasteiger partial charge < -0.3 is 14.0 Å². The van der Waals surface area contributed by atoms with Crippen LogP contribution in [0.25, 0.3) is 10.9 Å². The zero-order chi connectivity index (χ0) is 20.4. The normalized spacial score (nSPS) is 17.0. The van der Waals surface area contributed by atoms with Gasteiger partial charge >= 0.3 is 0 Å². The van der Waals surface area contributed by atoms with Gasteiger partial charge in [0.05, 0.1) is 5.41 Å². The third-order valence-electron chi connectivity index (χ3n) is 6.45. The van der Waals surface area contributed by atoms with Crippen molar-refractivity contribution in [2.75, 3.05) is 6.79 Å². The highest BCUT2D eigenvalue weighted by Crippen LogP contribution is 2.51. The summed E-state index contributed by atoms with van der Waals surface area (Å²) in [6.45, 7) is 6.95. The number of benzene rings is 2. The largest absolute Gasteiger partial charge is 0.454 e. The monoisotopic (exact) mass is 389 g/mol. The minimum absolute atomic E-state index is 0.0845. The number of carbonyl (C=O) groups excluding carboxylic acids is 1. The molecule has 1 aliphatic heterocycles. The number of ether oxygens (including phenoxy) is 2. The average molecular weight is 389 g/mol. The fraction of sp³-hybridized carbons (Fsp3) is 0.400. The molecule has 150 valence electrons. The van der Waals surface area contributed by atoms with Crippen LogP contribution in [-0.2, 0) is 29.1 Å². The molecule has 4 heteroatoms. The van der Waals surface area contributed by atoms with Crippen LogP contribution in [0.5, 0.6) is 11.5 Å². The van der Waals surface area contributed by atoms with Crippen molar-refractivity contribution >= 4 is 16.7 Å². The number of ketones is 1. The van der Waals surface area contributed by atoms with E-state index in [4.69, 9.17) is 9.47 Å². The number of nitrogens with zero attached hydrogens (tertiary/aromatic N) is 1. The molecular weight excluding hydrogens is 362 g/mol. The van der Waals surface area contributed by atoms with Crippen LogP contribution in [0.4, 0.5) is 0 Å². The van der Waals surface area contributed by atoms with Crippen LogP contribution in [-0.4, -0.2) is 17.1 Å². The Morgan fingerprint density at radius 2 is 1.79 bits per heavy atom. The number of hydrogen-bond acceptors (Lipinski definition) is 3. The van der Waals surface area contributed by atoms with E-state index in [1.54, 1.807) is 0 Å². The van der Waals surface area contributed by atoms with Crippen molar-refractivity contribution in [2.45, 2.75) is 50.9 Å². The Hall–Kier alpha value is -2.75. The van der Waals surface area contributed by atoms with Crippen molar-refractivity contribution in [3.8, 4) is 11.5 Å². The van der Waals surface area contributed by atoms with Crippen molar-refractivity contribution in [2.24, 2.45) is 7.05 Å². The molecule has 2 heterocycles. The maximum Gasteiger partial charge on any atom is 0.231 e. The van der Waals surface area contributed by atoms with E-state index >= 15 is 0 Å². The molecule has 0 radical (unpaired) electrons. The van der Waals surface area contributed by atoms with Gasteiger partial charge in [0.1, 0.15) is 5.78 Å². The average Bonchev–Trinajstić information content (AvgIpc) is 3.23. The predicted molar refractivity (Wildman–Crippen MR) is 114 cm³/mol. The van der Waals surface area contributed by atoms with Gasteiger partial charge in [0.15, 0.2) is 11.5 Å². The van der Waals surface area contributed by atoms with Crippen LogP contribution < -0.4 is 9.47 Å². The minimum Gasteiger partial charge on any atom is -0.454 e. The molecule has 1 fully saturated rings. The van der Waals surface area contributed by atoms with E-state index < -0.39 is 0 Å². The number of fused-ring (bicyclic) bond motifs is 2. The van der Waals surface area contributed by atoms with Gasteiger partial charge in [-0.3, -0.25) is 4.79 Å². The molecule has 3 aromatic rings. The third-order valence-corrected chi connectivity index (χ3v) is 6.45. The summed E-state index contributed by atoms with van der Waals surface area (Å²) in [6.07, 6.45) is 2.28. The predicted octanol–water partition coefficient (Wildman–Crippen LogP) is 5.05. The summed E-state index contributed by atoms with van der Waals surface area (Å²) in [5.74, 6) is 1.81. The highest BCUT2D eigenvalue weighted by atomic mass is 16.7. The van der Waals surface area contributed by atoms with Gasteiger partial charge in [0, 0.05) is 35.5 Å². The maximum atomic E-state index is 13.3. The molecule has 0 saturated heterocycles. The van der Waals surface area contributed by atoms with Crippen molar-refractivity contribution in [1.82, 2.24) is 4.57 Å². The number of aromatic nitrogens is 1. The van der Waals surface area contributed by atoms with Crippen LogP contribution in [0.2, 0.25) is 0 Å². The molecule has 4 nitrogen and oxygen atoms in total. The topological polar surface area (TPSA) is 40.5 Å². The van der Waals surface area contributed by atoms with E-state index in [0.717, 1.165) is 35.5 Å². The van der Waals surface area contributed by atoms with E-state index in [1.807, 2.05) is 18.2 Å². The summed E-state index contributed by atoms with van der Waals surface area (Å²) in [7, 11) is 2.12. The number of hydrogen-bond donors (Lipinski definition) is 0. The summed E-state index contributed by atoms with van der Waals surface area (Å²) in [4.78, 5) is 13.3. The lowest BCUT2D eigenvalue weighted by atomic mass is 9.87. The van der Waals surface area contributed by atoms with Gasteiger partial charge in [-0.15, -0.1) is 0 Å². The van der Waals surface area contributed by atoms with Gasteiger partial charge in [-0.1, -0.05) is 32.9 Å². The first-order valence-corrected chi connectivity index (χ1v) is 10.3. The quantitative estimate of drug-likeness (QED) is 0.627. The Balaban J connectivity index is 1.42. The molecule has 0 unspecified atom stereocenters. The first-order chi connectivity index (χ1) is 13.8. The van der Waals surface area contributed by atoms with E-state index in [0.29, 0.717) is 12.2 Å². The molecule has 0 amide bonds. The van der Waals surface area contributed by atoms with Gasteiger partial charge in [-0.2, -0.15) is 0 Å². The first-order valence-electron chi connectivity index (χ1n) is 10.3. The highest BCUT2D eigenvalue weighted by Gasteiger charge is 2.50. The Morgan fingerprint density at radius 1 is 1.03 bits per heavy atom. The first kappa shape index (κ1) is 18.3. The fourth-order valence-corrected chi connectivity index (χ4v) is 4.63. The van der Waals surface area contributed by atoms with E-state index in [2.05, 4.69) is 56.7 Å². The Labute approximate surface area is 171 Å². The fourth-order valence-electron chi connectivity index (χ4n) is 4.63. The number of Topliss-reactive ketones (excluding diaryl/α,β-unsaturated/α-hetero) is 1. The lowest BCUT2D eigenvalue weighted by Crippen LogP contribution is -2.22. The van der Waals surface area contributed by atoms with Crippen molar-refractivity contribution in [3.05, 3.63) is 59.3 Å². The molecule has 29 heavy (non-hydrogen) atoms. The summed E-state index contributed by atoms with van der Waals surface area (Å²) >= 11 is 0. The highest BCUT2D eigenvalue weighted by molar-refractivity contribution is 5.95. The summed E-state index contributed by atoms with van der Waals surface area (Å²) < 4.78 is 13.2. The number of rotatable bonds is 4. The van der Waals surface area contributed by atoms with Gasteiger partial charge in [-0.05, 0) is 54.3 Å². The van der Waals surface area contributed by atoms with Crippen LogP contribution in [0.1, 0.15) is 50.4 Å². The van der Waals surface area contributed by atoms with Crippen molar-refractivity contribution < 1.29 is 14.3 Å². The van der Waals surface area contributed by atoms with Crippen LogP contribution in [0, 0.1) is 0 Å². The van der Waals surface area contributed by atoms with Crippen molar-refractivity contribution in [3.63, 3.8) is 0 Å². The SMILES string of the molecule is Cn1c(C(C)(C)C)cc2cc(CC(=O)C3(c4ccc5c(c4)OCO5)CC3)ccc21. The van der Waals surface area contributed by atoms with Crippen LogP contribution in [0.15, 0.2) is 42.5 Å². The molecule has 0 N–H and O–H groups in total. The maximum absolute atomic E-state index is 13.3. The number of aryl methyl sites for hydroxylation is 1. The van der Waals surface area contributed by atoms with E-state index in [1.165, 1.54) is 16.6 Å². The lowest BCUT2D eigenvalue weighted by Gasteiger charge is -2.19. The van der Waals surface area contributed by atoms with Crippen LogP contribution >= 0.6 is 0 Å². The zero-order valence-electron chi connectivity index (χ0n) is 17.5. The molecular formula is C25H27NO3. The van der Waals surface area contributed by atoms with Gasteiger partial charge in [0.2, 0.25) is 6.79 Å². The summed E-state index contributed by atoms with van der Waals surface area (Å²) in [5.41, 5.74) is 4.38. The zero-order valence-corrected chi connectivity index (χ0v) is 17.5. The molecule has 0 spiro atoms. The molecule has 0 bridgehead atoms. The molecule has 2 aromatic carbocycles. The molecule has 1 aliphatic carbocycles. The third kappa shape index (κ3) is 2.93. The Kier molecular flexibility index (Phi) is 3.86. The lowest BCUT2D eigenvalue weighted by molar-refractivity contribution is -0.120. The Bertz CT molecular complexity index is 1130. The van der Waals surface area contributed by atoms with Crippen LogP contribution in [0.3, 0.4) is 0 Å². The summed E-state index contributed by atoms with van der Waals surface area (Å²) in [6, 6.07) is 14.6. The van der Waals surface area contributed by atoms with Gasteiger partial charge in [0.25, 0.3) is 0 Å². The molecule has 2 aliphatic rings. The molecule has 1 saturated carbocycles. The second kappa shape index (κ2) is 6.12. The van der Waals surface area contributed by atoms with Gasteiger partial charge in [-0.25, -0.2) is 0 Å². The molecule has 5 rings (SSSR count). The number of carbonyl (C=O) groups is 1. The second-order valence-corrected chi connectivity index (χ2v) is 9.48.